The Kier molecular flexibility index (Phi) is 13.9. The van der Waals surface area contributed by atoms with Crippen molar-refractivity contribution < 1.29 is 0 Å². The van der Waals surface area contributed by atoms with E-state index >= 15 is 0 Å². The predicted octanol–water partition coefficient (Wildman–Crippen LogP) is 1.75. The minimum atomic E-state index is 0.677. The quantitative estimate of drug-likeness (QED) is 0.226. The molecule has 2 aromatic heterocycles. The van der Waals surface area contributed by atoms with E-state index < -0.39 is 0 Å². The summed E-state index contributed by atoms with van der Waals surface area (Å²) in [6.45, 7) is 3.20. The van der Waals surface area contributed by atoms with Crippen LogP contribution in [-0.4, -0.2) is 67.8 Å². The van der Waals surface area contributed by atoms with Crippen molar-refractivity contribution in [1.82, 2.24) is 41.2 Å². The smallest absolute Gasteiger partial charge is 0.166 e. The number of thiocarbonyl (C=S) groups is 2. The summed E-state index contributed by atoms with van der Waals surface area (Å²) in [5.41, 5.74) is 0. The summed E-state index contributed by atoms with van der Waals surface area (Å²) in [6, 6.07) is 3.64. The van der Waals surface area contributed by atoms with E-state index in [0.29, 0.717) is 10.2 Å². The van der Waals surface area contributed by atoms with Crippen molar-refractivity contribution in [2.75, 3.05) is 37.7 Å². The molecule has 2 heterocycles. The third-order valence-corrected chi connectivity index (χ3v) is 6.18. The normalized spacial score (nSPS) is 10.3. The zero-order valence-electron chi connectivity index (χ0n) is 17.2. The Hall–Kier alpha value is -1.76. The summed E-state index contributed by atoms with van der Waals surface area (Å²) < 4.78 is 0. The van der Waals surface area contributed by atoms with Gasteiger partial charge in [0.05, 0.1) is 11.5 Å². The molecule has 0 unspecified atom stereocenters. The molecule has 0 aliphatic carbocycles. The second-order valence-electron chi connectivity index (χ2n) is 6.15. The average Bonchev–Trinajstić information content (AvgIpc) is 2.80. The number of nitrogens with one attached hydrogen (secondary N) is 4. The number of rotatable bonds is 14. The van der Waals surface area contributed by atoms with Crippen LogP contribution in [0.5, 0.6) is 0 Å². The number of hydrogen-bond donors (Lipinski definition) is 4. The standard InChI is InChI=1S/C19H28N8S4/c28-18(26-10-12-30-14-16-20-4-1-5-21-16)24-8-3-9-25-19(29)27-11-13-31-15-17-22-6-2-7-23-17/h1-2,4-7H,3,8-15H2,(H2,24,26,28)(H2,25,27,29). The molecule has 4 N–H and O–H groups in total. The van der Waals surface area contributed by atoms with E-state index in [0.717, 1.165) is 67.3 Å². The Balaban J connectivity index is 1.35. The van der Waals surface area contributed by atoms with E-state index in [1.54, 1.807) is 48.3 Å². The highest BCUT2D eigenvalue weighted by molar-refractivity contribution is 7.98. The molecule has 0 spiro atoms. The molecule has 2 rings (SSSR count). The van der Waals surface area contributed by atoms with Gasteiger partial charge in [-0.05, 0) is 43.0 Å². The molecule has 12 heteroatoms. The summed E-state index contributed by atoms with van der Waals surface area (Å²) in [5, 5.41) is 14.2. The van der Waals surface area contributed by atoms with Gasteiger partial charge in [0.25, 0.3) is 0 Å². The van der Waals surface area contributed by atoms with Gasteiger partial charge in [-0.3, -0.25) is 0 Å². The highest BCUT2D eigenvalue weighted by Gasteiger charge is 1.99. The number of aromatic nitrogens is 4. The zero-order chi connectivity index (χ0) is 22.0. The Morgan fingerprint density at radius 2 is 1.03 bits per heavy atom. The van der Waals surface area contributed by atoms with E-state index in [1.165, 1.54) is 0 Å². The maximum atomic E-state index is 5.29. The summed E-state index contributed by atoms with van der Waals surface area (Å²) in [6.07, 6.45) is 7.98. The van der Waals surface area contributed by atoms with Crippen LogP contribution in [0.2, 0.25) is 0 Å². The van der Waals surface area contributed by atoms with Crippen molar-refractivity contribution in [2.24, 2.45) is 0 Å². The van der Waals surface area contributed by atoms with Gasteiger partial charge in [0.2, 0.25) is 0 Å². The lowest BCUT2D eigenvalue weighted by Gasteiger charge is -2.12. The monoisotopic (exact) mass is 496 g/mol. The maximum absolute atomic E-state index is 5.29. The molecule has 0 saturated carbocycles. The van der Waals surface area contributed by atoms with Gasteiger partial charge < -0.3 is 21.3 Å². The lowest BCUT2D eigenvalue weighted by atomic mass is 10.4. The van der Waals surface area contributed by atoms with E-state index in [4.69, 9.17) is 24.4 Å². The van der Waals surface area contributed by atoms with E-state index in [-0.39, 0.29) is 0 Å². The fourth-order valence-corrected chi connectivity index (χ4v) is 4.08. The fourth-order valence-electron chi connectivity index (χ4n) is 2.23. The first-order valence-corrected chi connectivity index (χ1v) is 13.1. The molecule has 0 aromatic carbocycles. The highest BCUT2D eigenvalue weighted by atomic mass is 32.2. The molecule has 0 aliphatic heterocycles. The van der Waals surface area contributed by atoms with Crippen LogP contribution in [-0.2, 0) is 11.5 Å². The number of thioether (sulfide) groups is 2. The summed E-state index contributed by atoms with van der Waals surface area (Å²) in [4.78, 5) is 16.8. The summed E-state index contributed by atoms with van der Waals surface area (Å²) in [5.74, 6) is 5.21. The second-order valence-corrected chi connectivity index (χ2v) is 9.18. The van der Waals surface area contributed by atoms with Gasteiger partial charge in [-0.25, -0.2) is 19.9 Å². The Morgan fingerprint density at radius 1 is 0.645 bits per heavy atom. The van der Waals surface area contributed by atoms with Gasteiger partial charge in [0.15, 0.2) is 10.2 Å². The zero-order valence-corrected chi connectivity index (χ0v) is 20.5. The molecule has 0 radical (unpaired) electrons. The van der Waals surface area contributed by atoms with Crippen molar-refractivity contribution in [3.8, 4) is 0 Å². The van der Waals surface area contributed by atoms with Crippen LogP contribution in [0.15, 0.2) is 36.9 Å². The van der Waals surface area contributed by atoms with E-state index in [9.17, 15) is 0 Å². The highest BCUT2D eigenvalue weighted by Crippen LogP contribution is 2.06. The molecular weight excluding hydrogens is 469 g/mol. The van der Waals surface area contributed by atoms with Crippen molar-refractivity contribution in [3.05, 3.63) is 48.6 Å². The molecule has 0 amide bonds. The molecule has 0 atom stereocenters. The topological polar surface area (TPSA) is 99.7 Å². The van der Waals surface area contributed by atoms with Crippen LogP contribution in [0.3, 0.4) is 0 Å². The van der Waals surface area contributed by atoms with E-state index in [1.807, 2.05) is 12.1 Å². The lowest BCUT2D eigenvalue weighted by Crippen LogP contribution is -2.40. The molecule has 8 nitrogen and oxygen atoms in total. The molecule has 0 aliphatic rings. The Morgan fingerprint density at radius 3 is 1.45 bits per heavy atom. The predicted molar refractivity (Wildman–Crippen MR) is 138 cm³/mol. The SMILES string of the molecule is S=C(NCCCNC(=S)NCCSCc1ncccn1)NCCSCc1ncccn1. The molecule has 0 saturated heterocycles. The number of hydrogen-bond acceptors (Lipinski definition) is 8. The molecule has 0 fully saturated rings. The molecule has 2 aromatic rings. The first-order chi connectivity index (χ1) is 15.2. The third kappa shape index (κ3) is 13.3. The maximum Gasteiger partial charge on any atom is 0.166 e. The third-order valence-electron chi connectivity index (χ3n) is 3.69. The lowest BCUT2D eigenvalue weighted by molar-refractivity contribution is 0.726. The van der Waals surface area contributed by atoms with Gasteiger partial charge in [-0.1, -0.05) is 0 Å². The first kappa shape index (κ1) is 25.5. The van der Waals surface area contributed by atoms with Crippen LogP contribution in [0, 0.1) is 0 Å². The Labute approximate surface area is 203 Å². The summed E-state index contributed by atoms with van der Waals surface area (Å²) >= 11 is 14.1. The molecule has 31 heavy (non-hydrogen) atoms. The van der Waals surface area contributed by atoms with E-state index in [2.05, 4.69) is 41.2 Å². The van der Waals surface area contributed by atoms with Gasteiger partial charge >= 0.3 is 0 Å². The first-order valence-electron chi connectivity index (χ1n) is 9.94. The largest absolute Gasteiger partial charge is 0.363 e. The molecule has 0 bridgehead atoms. The molecular formula is C19H28N8S4. The van der Waals surface area contributed by atoms with Gasteiger partial charge in [0.1, 0.15) is 11.6 Å². The second kappa shape index (κ2) is 16.9. The van der Waals surface area contributed by atoms with Crippen molar-refractivity contribution in [3.63, 3.8) is 0 Å². The minimum Gasteiger partial charge on any atom is -0.363 e. The van der Waals surface area contributed by atoms with Crippen molar-refractivity contribution >= 4 is 58.2 Å². The summed E-state index contributed by atoms with van der Waals surface area (Å²) in [7, 11) is 0. The number of nitrogens with zero attached hydrogens (tertiary/aromatic N) is 4. The van der Waals surface area contributed by atoms with Crippen molar-refractivity contribution in [1.29, 1.82) is 0 Å². The van der Waals surface area contributed by atoms with Crippen LogP contribution in [0.25, 0.3) is 0 Å². The van der Waals surface area contributed by atoms with Crippen LogP contribution in [0.4, 0.5) is 0 Å². The average molecular weight is 497 g/mol. The molecule has 168 valence electrons. The van der Waals surface area contributed by atoms with Crippen LogP contribution < -0.4 is 21.3 Å². The van der Waals surface area contributed by atoms with Gasteiger partial charge in [-0.15, -0.1) is 0 Å². The van der Waals surface area contributed by atoms with Gasteiger partial charge in [0, 0.05) is 62.5 Å². The van der Waals surface area contributed by atoms with Gasteiger partial charge in [-0.2, -0.15) is 23.5 Å². The minimum absolute atomic E-state index is 0.677. The van der Waals surface area contributed by atoms with Crippen LogP contribution >= 0.6 is 48.0 Å². The van der Waals surface area contributed by atoms with Crippen molar-refractivity contribution in [2.45, 2.75) is 17.9 Å². The Bertz CT molecular complexity index is 688. The van der Waals surface area contributed by atoms with Crippen LogP contribution in [0.1, 0.15) is 18.1 Å². The fraction of sp³-hybridized carbons (Fsp3) is 0.474.